The minimum Gasteiger partial charge on any atom is -0.493 e. The van der Waals surface area contributed by atoms with Gasteiger partial charge in [0.25, 0.3) is 0 Å². The summed E-state index contributed by atoms with van der Waals surface area (Å²) in [6.45, 7) is 0.217. The fourth-order valence-corrected chi connectivity index (χ4v) is 2.11. The molecule has 1 aromatic heterocycles. The van der Waals surface area contributed by atoms with E-state index in [0.717, 1.165) is 0 Å². The quantitative estimate of drug-likeness (QED) is 0.714. The Kier molecular flexibility index (Phi) is 3.29. The highest BCUT2D eigenvalue weighted by atomic mass is 19.1. The molecule has 0 spiro atoms. The van der Waals surface area contributed by atoms with Gasteiger partial charge < -0.3 is 13.9 Å². The van der Waals surface area contributed by atoms with Crippen molar-refractivity contribution in [2.45, 2.75) is 6.61 Å². The monoisotopic (exact) mass is 272 g/mol. The smallest absolute Gasteiger partial charge is 0.161 e. The maximum atomic E-state index is 13.8. The van der Waals surface area contributed by atoms with Crippen LogP contribution in [0.15, 0.2) is 53.1 Å². The lowest BCUT2D eigenvalue weighted by atomic mass is 10.2. The lowest BCUT2D eigenvalue weighted by Gasteiger charge is -2.09. The largest absolute Gasteiger partial charge is 0.493 e. The van der Waals surface area contributed by atoms with Crippen LogP contribution in [-0.2, 0) is 6.61 Å². The number of methoxy groups -OCH3 is 1. The van der Waals surface area contributed by atoms with Crippen LogP contribution in [0.3, 0.4) is 0 Å². The fraction of sp³-hybridized carbons (Fsp3) is 0.125. The first kappa shape index (κ1) is 12.5. The van der Waals surface area contributed by atoms with Crippen molar-refractivity contribution < 1.29 is 18.3 Å². The number of fused-ring (bicyclic) bond motifs is 1. The maximum absolute atomic E-state index is 13.8. The fourth-order valence-electron chi connectivity index (χ4n) is 2.11. The summed E-state index contributed by atoms with van der Waals surface area (Å²) in [4.78, 5) is 0. The maximum Gasteiger partial charge on any atom is 0.161 e. The Morgan fingerprint density at radius 1 is 1.05 bits per heavy atom. The van der Waals surface area contributed by atoms with Gasteiger partial charge in [0.2, 0.25) is 0 Å². The number of halogens is 1. The minimum atomic E-state index is -0.310. The molecule has 0 atom stereocenters. The SMILES string of the molecule is COc1ccccc1OCc1coc2cccc(F)c12. The molecule has 1 heterocycles. The average molecular weight is 272 g/mol. The second kappa shape index (κ2) is 5.25. The molecule has 3 aromatic rings. The van der Waals surface area contributed by atoms with Gasteiger partial charge in [-0.25, -0.2) is 4.39 Å². The van der Waals surface area contributed by atoms with Crippen LogP contribution in [0.1, 0.15) is 5.56 Å². The van der Waals surface area contributed by atoms with Crippen molar-refractivity contribution in [3.05, 3.63) is 60.1 Å². The molecular formula is C16H13FO3. The third-order valence-electron chi connectivity index (χ3n) is 3.08. The highest BCUT2D eigenvalue weighted by Gasteiger charge is 2.12. The van der Waals surface area contributed by atoms with Gasteiger partial charge in [0.05, 0.1) is 18.8 Å². The van der Waals surface area contributed by atoms with Gasteiger partial charge in [0.15, 0.2) is 11.5 Å². The van der Waals surface area contributed by atoms with Gasteiger partial charge >= 0.3 is 0 Å². The van der Waals surface area contributed by atoms with Gasteiger partial charge in [-0.1, -0.05) is 18.2 Å². The van der Waals surface area contributed by atoms with E-state index in [4.69, 9.17) is 13.9 Å². The summed E-state index contributed by atoms with van der Waals surface area (Å²) in [7, 11) is 1.58. The normalized spacial score (nSPS) is 10.7. The van der Waals surface area contributed by atoms with E-state index in [0.29, 0.717) is 28.0 Å². The molecule has 0 fully saturated rings. The highest BCUT2D eigenvalue weighted by molar-refractivity contribution is 5.81. The summed E-state index contributed by atoms with van der Waals surface area (Å²) in [5.41, 5.74) is 1.19. The van der Waals surface area contributed by atoms with Gasteiger partial charge in [-0.15, -0.1) is 0 Å². The van der Waals surface area contributed by atoms with Crippen LogP contribution < -0.4 is 9.47 Å². The number of ether oxygens (including phenoxy) is 2. The van der Waals surface area contributed by atoms with Crippen molar-refractivity contribution in [3.63, 3.8) is 0 Å². The summed E-state index contributed by atoms with van der Waals surface area (Å²) >= 11 is 0. The summed E-state index contributed by atoms with van der Waals surface area (Å²) in [6, 6.07) is 12.1. The summed E-state index contributed by atoms with van der Waals surface area (Å²) in [5, 5.41) is 0.461. The minimum absolute atomic E-state index is 0.217. The molecule has 0 radical (unpaired) electrons. The van der Waals surface area contributed by atoms with Crippen molar-refractivity contribution >= 4 is 11.0 Å². The van der Waals surface area contributed by atoms with E-state index >= 15 is 0 Å². The van der Waals surface area contributed by atoms with Crippen molar-refractivity contribution in [2.24, 2.45) is 0 Å². The molecule has 0 aliphatic heterocycles. The van der Waals surface area contributed by atoms with Crippen LogP contribution in [0, 0.1) is 5.82 Å². The molecule has 0 amide bonds. The van der Waals surface area contributed by atoms with Crippen molar-refractivity contribution in [1.29, 1.82) is 0 Å². The Bertz CT molecular complexity index is 733. The third kappa shape index (κ3) is 2.20. The van der Waals surface area contributed by atoms with Crippen molar-refractivity contribution in [3.8, 4) is 11.5 Å². The first-order chi connectivity index (χ1) is 9.79. The molecule has 0 saturated heterocycles. The summed E-state index contributed by atoms with van der Waals surface area (Å²) in [5.74, 6) is 0.941. The molecule has 20 heavy (non-hydrogen) atoms. The van der Waals surface area contributed by atoms with Crippen LogP contribution in [0.25, 0.3) is 11.0 Å². The first-order valence-electron chi connectivity index (χ1n) is 6.20. The summed E-state index contributed by atoms with van der Waals surface area (Å²) < 4.78 is 30.0. The average Bonchev–Trinajstić information content (AvgIpc) is 2.90. The van der Waals surface area contributed by atoms with Gasteiger partial charge in [-0.05, 0) is 24.3 Å². The van der Waals surface area contributed by atoms with Crippen LogP contribution in [-0.4, -0.2) is 7.11 Å². The van der Waals surface area contributed by atoms with E-state index in [9.17, 15) is 4.39 Å². The first-order valence-corrected chi connectivity index (χ1v) is 6.20. The number of rotatable bonds is 4. The standard InChI is InChI=1S/C16H13FO3/c1-18-13-6-2-3-7-14(13)19-9-11-10-20-15-8-4-5-12(17)16(11)15/h2-8,10H,9H2,1H3. The number of furan rings is 1. The molecule has 4 heteroatoms. The number of para-hydroxylation sites is 2. The number of benzene rings is 2. The molecule has 0 saturated carbocycles. The molecular weight excluding hydrogens is 259 g/mol. The predicted molar refractivity (Wildman–Crippen MR) is 73.5 cm³/mol. The van der Waals surface area contributed by atoms with Crippen LogP contribution >= 0.6 is 0 Å². The Morgan fingerprint density at radius 3 is 2.65 bits per heavy atom. The zero-order chi connectivity index (χ0) is 13.9. The van der Waals surface area contributed by atoms with Crippen LogP contribution in [0.4, 0.5) is 4.39 Å². The Balaban J connectivity index is 1.87. The number of hydrogen-bond donors (Lipinski definition) is 0. The topological polar surface area (TPSA) is 31.6 Å². The zero-order valence-corrected chi connectivity index (χ0v) is 10.9. The van der Waals surface area contributed by atoms with E-state index in [1.54, 1.807) is 25.3 Å². The van der Waals surface area contributed by atoms with E-state index in [-0.39, 0.29) is 12.4 Å². The van der Waals surface area contributed by atoms with Gasteiger partial charge in [-0.3, -0.25) is 0 Å². The zero-order valence-electron chi connectivity index (χ0n) is 10.9. The van der Waals surface area contributed by atoms with E-state index in [1.165, 1.54) is 12.3 Å². The molecule has 0 unspecified atom stereocenters. The molecule has 0 bridgehead atoms. The van der Waals surface area contributed by atoms with E-state index in [2.05, 4.69) is 0 Å². The molecule has 0 N–H and O–H groups in total. The molecule has 3 nitrogen and oxygen atoms in total. The second-order valence-corrected chi connectivity index (χ2v) is 4.31. The van der Waals surface area contributed by atoms with Gasteiger partial charge in [0, 0.05) is 5.56 Å². The van der Waals surface area contributed by atoms with E-state index in [1.807, 2.05) is 18.2 Å². The third-order valence-corrected chi connectivity index (χ3v) is 3.08. The lowest BCUT2D eigenvalue weighted by molar-refractivity contribution is 0.284. The van der Waals surface area contributed by atoms with Crippen LogP contribution in [0.2, 0.25) is 0 Å². The van der Waals surface area contributed by atoms with Crippen LogP contribution in [0.5, 0.6) is 11.5 Å². The predicted octanol–water partition coefficient (Wildman–Crippen LogP) is 4.16. The van der Waals surface area contributed by atoms with Crippen molar-refractivity contribution in [1.82, 2.24) is 0 Å². The van der Waals surface area contributed by atoms with Gasteiger partial charge in [-0.2, -0.15) is 0 Å². The van der Waals surface area contributed by atoms with Gasteiger partial charge in [0.1, 0.15) is 18.0 Å². The second-order valence-electron chi connectivity index (χ2n) is 4.31. The molecule has 3 rings (SSSR count). The molecule has 0 aliphatic rings. The van der Waals surface area contributed by atoms with E-state index < -0.39 is 0 Å². The molecule has 2 aromatic carbocycles. The molecule has 0 aliphatic carbocycles. The summed E-state index contributed by atoms with van der Waals surface area (Å²) in [6.07, 6.45) is 1.52. The van der Waals surface area contributed by atoms with Crippen molar-refractivity contribution in [2.75, 3.05) is 7.11 Å². The Morgan fingerprint density at radius 2 is 1.85 bits per heavy atom. The lowest BCUT2D eigenvalue weighted by Crippen LogP contribution is -1.97. The highest BCUT2D eigenvalue weighted by Crippen LogP contribution is 2.29. The molecule has 102 valence electrons. The number of hydrogen-bond acceptors (Lipinski definition) is 3. The Hall–Kier alpha value is -2.49. The Labute approximate surface area is 115 Å².